The minimum Gasteiger partial charge on any atom is -0.311 e. The first-order valence-corrected chi connectivity index (χ1v) is 8.38. The molecule has 0 saturated heterocycles. The van der Waals surface area contributed by atoms with Gasteiger partial charge in [-0.05, 0) is 18.1 Å². The summed E-state index contributed by atoms with van der Waals surface area (Å²) < 4.78 is 2.54. The van der Waals surface area contributed by atoms with E-state index >= 15 is 0 Å². The SMILES string of the molecule is C[C@H]1CC(=O)Nc2c1c(NC(=O)c1nc3ccccc3s1)nn2C. The number of carbonyl (C=O) groups excluding carboxylic acids is 2. The Morgan fingerprint density at radius 1 is 1.42 bits per heavy atom. The molecule has 0 fully saturated rings. The molecule has 0 spiro atoms. The van der Waals surface area contributed by atoms with E-state index in [2.05, 4.69) is 20.7 Å². The highest BCUT2D eigenvalue weighted by atomic mass is 32.1. The molecular formula is C16H15N5O2S. The Labute approximate surface area is 141 Å². The Hall–Kier alpha value is -2.74. The van der Waals surface area contributed by atoms with Crippen LogP contribution in [0.25, 0.3) is 10.2 Å². The topological polar surface area (TPSA) is 88.9 Å². The molecule has 24 heavy (non-hydrogen) atoms. The van der Waals surface area contributed by atoms with Crippen LogP contribution in [-0.4, -0.2) is 26.6 Å². The molecule has 0 aliphatic carbocycles. The van der Waals surface area contributed by atoms with Gasteiger partial charge in [-0.15, -0.1) is 11.3 Å². The number of benzene rings is 1. The lowest BCUT2D eigenvalue weighted by atomic mass is 9.95. The van der Waals surface area contributed by atoms with E-state index in [-0.39, 0.29) is 17.7 Å². The second-order valence-electron chi connectivity index (χ2n) is 5.83. The van der Waals surface area contributed by atoms with E-state index in [1.165, 1.54) is 11.3 Å². The molecule has 2 N–H and O–H groups in total. The molecule has 3 aromatic rings. The van der Waals surface area contributed by atoms with Crippen molar-refractivity contribution in [3.8, 4) is 0 Å². The van der Waals surface area contributed by atoms with Crippen molar-refractivity contribution in [3.05, 3.63) is 34.8 Å². The largest absolute Gasteiger partial charge is 0.311 e. The highest BCUT2D eigenvalue weighted by molar-refractivity contribution is 7.20. The van der Waals surface area contributed by atoms with E-state index in [1.807, 2.05) is 31.2 Å². The van der Waals surface area contributed by atoms with Crippen LogP contribution in [0.15, 0.2) is 24.3 Å². The monoisotopic (exact) mass is 341 g/mol. The molecule has 0 unspecified atom stereocenters. The first-order chi connectivity index (χ1) is 11.5. The molecule has 0 radical (unpaired) electrons. The number of thiazole rings is 1. The predicted octanol–water partition coefficient (Wildman–Crippen LogP) is 2.73. The van der Waals surface area contributed by atoms with Crippen LogP contribution in [-0.2, 0) is 11.8 Å². The van der Waals surface area contributed by atoms with Crippen LogP contribution in [0.1, 0.15) is 34.6 Å². The van der Waals surface area contributed by atoms with Gasteiger partial charge < -0.3 is 10.6 Å². The average Bonchev–Trinajstić information content (AvgIpc) is 3.09. The lowest BCUT2D eigenvalue weighted by molar-refractivity contribution is -0.116. The Morgan fingerprint density at radius 2 is 2.21 bits per heavy atom. The smallest absolute Gasteiger partial charge is 0.285 e. The zero-order valence-electron chi connectivity index (χ0n) is 13.2. The maximum Gasteiger partial charge on any atom is 0.285 e. The molecule has 8 heteroatoms. The minimum atomic E-state index is -0.291. The van der Waals surface area contributed by atoms with Crippen molar-refractivity contribution in [1.29, 1.82) is 0 Å². The number of rotatable bonds is 2. The average molecular weight is 341 g/mol. The van der Waals surface area contributed by atoms with Crippen molar-refractivity contribution in [2.45, 2.75) is 19.3 Å². The minimum absolute atomic E-state index is 0.00637. The summed E-state index contributed by atoms with van der Waals surface area (Å²) in [6.07, 6.45) is 0.378. The van der Waals surface area contributed by atoms with E-state index in [9.17, 15) is 9.59 Å². The summed E-state index contributed by atoms with van der Waals surface area (Å²) in [5.41, 5.74) is 1.66. The highest BCUT2D eigenvalue weighted by Gasteiger charge is 2.30. The van der Waals surface area contributed by atoms with Crippen LogP contribution < -0.4 is 10.6 Å². The first-order valence-electron chi connectivity index (χ1n) is 7.56. The van der Waals surface area contributed by atoms with Gasteiger partial charge in [0, 0.05) is 19.0 Å². The third kappa shape index (κ3) is 2.35. The molecule has 2 aromatic heterocycles. The van der Waals surface area contributed by atoms with Gasteiger partial charge in [0.1, 0.15) is 5.82 Å². The van der Waals surface area contributed by atoms with Gasteiger partial charge in [-0.3, -0.25) is 14.3 Å². The van der Waals surface area contributed by atoms with Gasteiger partial charge in [-0.1, -0.05) is 19.1 Å². The van der Waals surface area contributed by atoms with Crippen molar-refractivity contribution in [1.82, 2.24) is 14.8 Å². The van der Waals surface area contributed by atoms with Crippen molar-refractivity contribution in [3.63, 3.8) is 0 Å². The second kappa shape index (κ2) is 5.41. The fourth-order valence-corrected chi connectivity index (χ4v) is 3.80. The van der Waals surface area contributed by atoms with Gasteiger partial charge in [0.25, 0.3) is 5.91 Å². The van der Waals surface area contributed by atoms with E-state index in [1.54, 1.807) is 11.7 Å². The molecule has 3 heterocycles. The maximum absolute atomic E-state index is 12.5. The van der Waals surface area contributed by atoms with Crippen LogP contribution >= 0.6 is 11.3 Å². The van der Waals surface area contributed by atoms with E-state index in [0.717, 1.165) is 15.8 Å². The van der Waals surface area contributed by atoms with Gasteiger partial charge in [0.15, 0.2) is 10.8 Å². The number of carbonyl (C=O) groups is 2. The molecule has 7 nitrogen and oxygen atoms in total. The number of anilines is 2. The molecular weight excluding hydrogens is 326 g/mol. The van der Waals surface area contributed by atoms with Crippen LogP contribution in [0.4, 0.5) is 11.6 Å². The lowest BCUT2D eigenvalue weighted by Gasteiger charge is -2.20. The van der Waals surface area contributed by atoms with Gasteiger partial charge in [-0.2, -0.15) is 5.10 Å². The number of nitrogens with zero attached hydrogens (tertiary/aromatic N) is 3. The molecule has 1 atom stereocenters. The zero-order chi connectivity index (χ0) is 16.8. The predicted molar refractivity (Wildman–Crippen MR) is 92.4 cm³/mol. The summed E-state index contributed by atoms with van der Waals surface area (Å²) >= 11 is 1.34. The number of para-hydroxylation sites is 1. The number of amides is 2. The van der Waals surface area contributed by atoms with Crippen LogP contribution in [0.5, 0.6) is 0 Å². The van der Waals surface area contributed by atoms with Crippen molar-refractivity contribution >= 4 is 45.0 Å². The quantitative estimate of drug-likeness (QED) is 0.750. The number of aryl methyl sites for hydroxylation is 1. The fourth-order valence-electron chi connectivity index (χ4n) is 2.94. The molecule has 4 rings (SSSR count). The number of fused-ring (bicyclic) bond motifs is 2. The van der Waals surface area contributed by atoms with Gasteiger partial charge in [0.2, 0.25) is 5.91 Å². The Kier molecular flexibility index (Phi) is 3.34. The molecule has 0 bridgehead atoms. The normalized spacial score (nSPS) is 16.8. The lowest BCUT2D eigenvalue weighted by Crippen LogP contribution is -2.23. The Bertz CT molecular complexity index is 941. The van der Waals surface area contributed by atoms with E-state index < -0.39 is 0 Å². The Morgan fingerprint density at radius 3 is 3.00 bits per heavy atom. The summed E-state index contributed by atoms with van der Waals surface area (Å²) in [7, 11) is 1.74. The first kappa shape index (κ1) is 14.8. The van der Waals surface area contributed by atoms with Gasteiger partial charge >= 0.3 is 0 Å². The summed E-state index contributed by atoms with van der Waals surface area (Å²) in [5, 5.41) is 10.4. The molecule has 1 aliphatic heterocycles. The van der Waals surface area contributed by atoms with Crippen LogP contribution in [0.3, 0.4) is 0 Å². The molecule has 0 saturated carbocycles. The Balaban J connectivity index is 1.67. The standard InChI is InChI=1S/C16H15N5O2S/c1-8-7-11(22)18-14-12(8)13(20-21(14)2)19-15(23)16-17-9-5-3-4-6-10(9)24-16/h3-6,8H,7H2,1-2H3,(H,18,22)(H,19,20,23)/t8-/m0/s1. The van der Waals surface area contributed by atoms with Crippen LogP contribution in [0.2, 0.25) is 0 Å². The number of hydrogen-bond acceptors (Lipinski definition) is 5. The fraction of sp³-hybridized carbons (Fsp3) is 0.250. The second-order valence-corrected chi connectivity index (χ2v) is 6.86. The summed E-state index contributed by atoms with van der Waals surface area (Å²) in [6, 6.07) is 7.62. The maximum atomic E-state index is 12.5. The number of nitrogens with one attached hydrogen (secondary N) is 2. The number of aromatic nitrogens is 3. The number of hydrogen-bond donors (Lipinski definition) is 2. The molecule has 1 aromatic carbocycles. The van der Waals surface area contributed by atoms with Crippen LogP contribution in [0, 0.1) is 0 Å². The highest BCUT2D eigenvalue weighted by Crippen LogP contribution is 2.37. The zero-order valence-corrected chi connectivity index (χ0v) is 14.0. The van der Waals surface area contributed by atoms with E-state index in [4.69, 9.17) is 0 Å². The molecule has 1 aliphatic rings. The van der Waals surface area contributed by atoms with Gasteiger partial charge in [-0.25, -0.2) is 4.98 Å². The van der Waals surface area contributed by atoms with Gasteiger partial charge in [0.05, 0.1) is 10.2 Å². The third-order valence-electron chi connectivity index (χ3n) is 4.05. The molecule has 122 valence electrons. The van der Waals surface area contributed by atoms with Crippen molar-refractivity contribution in [2.24, 2.45) is 7.05 Å². The van der Waals surface area contributed by atoms with Crippen molar-refractivity contribution < 1.29 is 9.59 Å². The third-order valence-corrected chi connectivity index (χ3v) is 5.08. The molecule has 2 amide bonds. The summed E-state index contributed by atoms with van der Waals surface area (Å²) in [5.74, 6) is 0.777. The van der Waals surface area contributed by atoms with E-state index in [0.29, 0.717) is 23.1 Å². The summed E-state index contributed by atoms with van der Waals surface area (Å²) in [6.45, 7) is 1.95. The van der Waals surface area contributed by atoms with Crippen molar-refractivity contribution in [2.75, 3.05) is 10.6 Å². The summed E-state index contributed by atoms with van der Waals surface area (Å²) in [4.78, 5) is 28.6.